The van der Waals surface area contributed by atoms with Gasteiger partial charge in [0.05, 0.1) is 4.92 Å². The molecule has 0 bridgehead atoms. The molecule has 0 saturated carbocycles. The normalized spacial score (nSPS) is 15.1. The second-order valence-electron chi connectivity index (χ2n) is 6.04. The third-order valence-corrected chi connectivity index (χ3v) is 3.87. The number of ether oxygens (including phenoxy) is 1. The first kappa shape index (κ1) is 18.1. The Hall–Kier alpha value is -3.74. The molecule has 1 aliphatic heterocycles. The molecule has 136 valence electrons. The number of hydrogen-bond acceptors (Lipinski definition) is 6. The van der Waals surface area contributed by atoms with Crippen molar-refractivity contribution in [2.75, 3.05) is 19.0 Å². The highest BCUT2D eigenvalue weighted by Crippen LogP contribution is 2.19. The maximum atomic E-state index is 12.0. The van der Waals surface area contributed by atoms with Gasteiger partial charge >= 0.3 is 5.97 Å². The van der Waals surface area contributed by atoms with Gasteiger partial charge in [0, 0.05) is 38.0 Å². The molecule has 0 unspecified atom stereocenters. The van der Waals surface area contributed by atoms with E-state index >= 15 is 0 Å². The summed E-state index contributed by atoms with van der Waals surface area (Å²) in [5.41, 5.74) is 2.87. The lowest BCUT2D eigenvalue weighted by molar-refractivity contribution is -0.384. The van der Waals surface area contributed by atoms with Gasteiger partial charge in [-0.1, -0.05) is 12.1 Å². The Balaban J connectivity index is 1.74. The highest BCUT2D eigenvalue weighted by atomic mass is 16.6. The minimum absolute atomic E-state index is 0.0160. The van der Waals surface area contributed by atoms with E-state index in [0.717, 1.165) is 16.8 Å². The zero-order chi connectivity index (χ0) is 19.4. The molecule has 2 aromatic rings. The quantitative estimate of drug-likeness (QED) is 0.350. The van der Waals surface area contributed by atoms with Crippen molar-refractivity contribution in [2.45, 2.75) is 0 Å². The molecular weight excluding hydrogens is 346 g/mol. The maximum Gasteiger partial charge on any atom is 0.363 e. The van der Waals surface area contributed by atoms with Crippen LogP contribution in [-0.2, 0) is 9.53 Å². The van der Waals surface area contributed by atoms with E-state index in [0.29, 0.717) is 0 Å². The standard InChI is InChI=1S/C20H17N3O4/c1-22(2)16-8-5-15(6-9-16)13-18-20(24)27-19(21-18)12-7-14-3-10-17(11-4-14)23(25)26/h3-13H,1-2H3/b12-7+,18-13-. The molecule has 1 heterocycles. The number of cyclic esters (lactones) is 1. The predicted molar refractivity (Wildman–Crippen MR) is 104 cm³/mol. The number of nitro benzene ring substituents is 1. The van der Waals surface area contributed by atoms with E-state index in [1.54, 1.807) is 30.4 Å². The average Bonchev–Trinajstić information content (AvgIpc) is 3.00. The Morgan fingerprint density at radius 2 is 1.63 bits per heavy atom. The molecule has 0 aromatic heterocycles. The molecule has 0 saturated heterocycles. The van der Waals surface area contributed by atoms with Gasteiger partial charge in [0.25, 0.3) is 5.69 Å². The zero-order valence-corrected chi connectivity index (χ0v) is 14.8. The number of nitrogens with zero attached hydrogens (tertiary/aromatic N) is 3. The van der Waals surface area contributed by atoms with Gasteiger partial charge in [0.2, 0.25) is 5.90 Å². The van der Waals surface area contributed by atoms with Crippen molar-refractivity contribution in [1.29, 1.82) is 0 Å². The summed E-state index contributed by atoms with van der Waals surface area (Å²) in [6, 6.07) is 13.7. The van der Waals surface area contributed by atoms with E-state index in [2.05, 4.69) is 4.99 Å². The Morgan fingerprint density at radius 1 is 1.00 bits per heavy atom. The van der Waals surface area contributed by atoms with Crippen LogP contribution in [-0.4, -0.2) is 30.9 Å². The predicted octanol–water partition coefficient (Wildman–Crippen LogP) is 3.67. The highest BCUT2D eigenvalue weighted by Gasteiger charge is 2.21. The van der Waals surface area contributed by atoms with Crippen LogP contribution >= 0.6 is 0 Å². The first-order valence-corrected chi connectivity index (χ1v) is 8.15. The summed E-state index contributed by atoms with van der Waals surface area (Å²) in [5.74, 6) is -0.343. The molecule has 0 radical (unpaired) electrons. The average molecular weight is 363 g/mol. The van der Waals surface area contributed by atoms with E-state index in [9.17, 15) is 14.9 Å². The van der Waals surface area contributed by atoms with Crippen molar-refractivity contribution in [3.05, 3.63) is 81.5 Å². The Labute approximate surface area is 156 Å². The molecule has 2 aromatic carbocycles. The van der Waals surface area contributed by atoms with Crippen molar-refractivity contribution in [2.24, 2.45) is 4.99 Å². The summed E-state index contributed by atoms with van der Waals surface area (Å²) >= 11 is 0. The van der Waals surface area contributed by atoms with Crippen LogP contribution in [0.3, 0.4) is 0 Å². The Morgan fingerprint density at radius 3 is 2.22 bits per heavy atom. The number of benzene rings is 2. The topological polar surface area (TPSA) is 85.0 Å². The number of rotatable bonds is 5. The van der Waals surface area contributed by atoms with Crippen LogP contribution in [0.4, 0.5) is 11.4 Å². The summed E-state index contributed by atoms with van der Waals surface area (Å²) in [6.07, 6.45) is 4.88. The number of carbonyl (C=O) groups is 1. The molecule has 0 amide bonds. The molecule has 0 spiro atoms. The van der Waals surface area contributed by atoms with Crippen molar-refractivity contribution in [3.8, 4) is 0 Å². The maximum absolute atomic E-state index is 12.0. The fourth-order valence-electron chi connectivity index (χ4n) is 2.40. The van der Waals surface area contributed by atoms with Crippen LogP contribution in [0.5, 0.6) is 0 Å². The molecule has 0 fully saturated rings. The zero-order valence-electron chi connectivity index (χ0n) is 14.8. The van der Waals surface area contributed by atoms with Crippen LogP contribution in [0.25, 0.3) is 12.2 Å². The molecule has 0 aliphatic carbocycles. The van der Waals surface area contributed by atoms with Gasteiger partial charge in [0.15, 0.2) is 5.70 Å². The van der Waals surface area contributed by atoms with Gasteiger partial charge in [-0.25, -0.2) is 9.79 Å². The third kappa shape index (κ3) is 4.46. The molecule has 27 heavy (non-hydrogen) atoms. The van der Waals surface area contributed by atoms with Crippen molar-refractivity contribution in [1.82, 2.24) is 0 Å². The summed E-state index contributed by atoms with van der Waals surface area (Å²) in [6.45, 7) is 0. The smallest absolute Gasteiger partial charge is 0.363 e. The van der Waals surface area contributed by atoms with Crippen LogP contribution in [0.2, 0.25) is 0 Å². The van der Waals surface area contributed by atoms with Crippen LogP contribution in [0.15, 0.2) is 65.3 Å². The number of esters is 1. The SMILES string of the molecule is CN(C)c1ccc(/C=C2N=C(/C=C/c3ccc([N+](=O)[O-])cc3)OC\2=O)cc1. The second kappa shape index (κ2) is 7.65. The van der Waals surface area contributed by atoms with Crippen LogP contribution in [0.1, 0.15) is 11.1 Å². The Bertz CT molecular complexity index is 956. The fraction of sp³-hybridized carbons (Fsp3) is 0.100. The van der Waals surface area contributed by atoms with Crippen LogP contribution in [0, 0.1) is 10.1 Å². The first-order valence-electron chi connectivity index (χ1n) is 8.15. The van der Waals surface area contributed by atoms with E-state index < -0.39 is 10.9 Å². The summed E-state index contributed by atoms with van der Waals surface area (Å²) in [7, 11) is 3.91. The van der Waals surface area contributed by atoms with Crippen molar-refractivity contribution >= 4 is 35.4 Å². The lowest BCUT2D eigenvalue weighted by Crippen LogP contribution is -2.07. The fourth-order valence-corrected chi connectivity index (χ4v) is 2.40. The largest absolute Gasteiger partial charge is 0.403 e. The first-order chi connectivity index (χ1) is 12.9. The molecule has 7 nitrogen and oxygen atoms in total. The lowest BCUT2D eigenvalue weighted by atomic mass is 10.1. The summed E-state index contributed by atoms with van der Waals surface area (Å²) in [5, 5.41) is 10.7. The second-order valence-corrected chi connectivity index (χ2v) is 6.04. The van der Waals surface area contributed by atoms with Gasteiger partial charge in [-0.3, -0.25) is 10.1 Å². The lowest BCUT2D eigenvalue weighted by Gasteiger charge is -2.11. The van der Waals surface area contributed by atoms with E-state index in [4.69, 9.17) is 4.74 Å². The van der Waals surface area contributed by atoms with Crippen LogP contribution < -0.4 is 4.90 Å². The summed E-state index contributed by atoms with van der Waals surface area (Å²) in [4.78, 5) is 28.3. The molecule has 7 heteroatoms. The van der Waals surface area contributed by atoms with E-state index in [1.807, 2.05) is 43.3 Å². The number of nitro groups is 1. The minimum Gasteiger partial charge on any atom is -0.403 e. The number of carbonyl (C=O) groups excluding carboxylic acids is 1. The molecule has 3 rings (SSSR count). The molecular formula is C20H17N3O4. The Kier molecular flexibility index (Phi) is 5.12. The van der Waals surface area contributed by atoms with Gasteiger partial charge < -0.3 is 9.64 Å². The molecule has 0 atom stereocenters. The van der Waals surface area contributed by atoms with E-state index in [-0.39, 0.29) is 17.3 Å². The molecule has 1 aliphatic rings. The third-order valence-electron chi connectivity index (χ3n) is 3.87. The van der Waals surface area contributed by atoms with E-state index in [1.165, 1.54) is 12.1 Å². The molecule has 0 N–H and O–H groups in total. The van der Waals surface area contributed by atoms with Crippen molar-refractivity contribution < 1.29 is 14.5 Å². The van der Waals surface area contributed by atoms with Gasteiger partial charge in [-0.2, -0.15) is 0 Å². The number of aliphatic imine (C=N–C) groups is 1. The monoisotopic (exact) mass is 363 g/mol. The number of hydrogen-bond donors (Lipinski definition) is 0. The van der Waals surface area contributed by atoms with Gasteiger partial charge in [-0.15, -0.1) is 0 Å². The van der Waals surface area contributed by atoms with Gasteiger partial charge in [-0.05, 0) is 47.5 Å². The highest BCUT2D eigenvalue weighted by molar-refractivity contribution is 6.11. The minimum atomic E-state index is -0.518. The summed E-state index contributed by atoms with van der Waals surface area (Å²) < 4.78 is 5.13. The van der Waals surface area contributed by atoms with Crippen molar-refractivity contribution in [3.63, 3.8) is 0 Å². The number of non-ortho nitro benzene ring substituents is 1. The van der Waals surface area contributed by atoms with Gasteiger partial charge in [0.1, 0.15) is 0 Å². The number of anilines is 1.